The lowest BCUT2D eigenvalue weighted by Crippen LogP contribution is -2.30. The Bertz CT molecular complexity index is 522. The third-order valence-electron chi connectivity index (χ3n) is 6.20. The zero-order chi connectivity index (χ0) is 19.6. The summed E-state index contributed by atoms with van der Waals surface area (Å²) in [6.45, 7) is 7.42. The van der Waals surface area contributed by atoms with Crippen LogP contribution in [0, 0.1) is 17.8 Å². The maximum absolute atomic E-state index is 12.8. The van der Waals surface area contributed by atoms with Gasteiger partial charge in [0.05, 0.1) is 24.7 Å². The average Bonchev–Trinajstić information content (AvgIpc) is 3.29. The second kappa shape index (κ2) is 11.5. The first-order valence-electron chi connectivity index (χ1n) is 11.2. The molecule has 0 aliphatic heterocycles. The van der Waals surface area contributed by atoms with Crippen molar-refractivity contribution in [1.82, 2.24) is 0 Å². The highest BCUT2D eigenvalue weighted by Gasteiger charge is 2.47. The Morgan fingerprint density at radius 1 is 1.04 bits per heavy atom. The average molecular weight is 379 g/mol. The van der Waals surface area contributed by atoms with Crippen LogP contribution in [-0.2, 0) is 19.1 Å². The van der Waals surface area contributed by atoms with Gasteiger partial charge in [-0.1, -0.05) is 64.9 Å². The summed E-state index contributed by atoms with van der Waals surface area (Å²) in [6, 6.07) is 0. The fourth-order valence-electron chi connectivity index (χ4n) is 4.41. The van der Waals surface area contributed by atoms with Crippen molar-refractivity contribution < 1.29 is 19.1 Å². The highest BCUT2D eigenvalue weighted by molar-refractivity contribution is 5.98. The molecule has 0 saturated heterocycles. The van der Waals surface area contributed by atoms with E-state index in [1.165, 1.54) is 12.8 Å². The Morgan fingerprint density at radius 2 is 1.81 bits per heavy atom. The van der Waals surface area contributed by atoms with Crippen LogP contribution in [0.5, 0.6) is 0 Å². The summed E-state index contributed by atoms with van der Waals surface area (Å²) in [5, 5.41) is 0. The summed E-state index contributed by atoms with van der Waals surface area (Å²) in [6.07, 6.45) is 11.6. The molecule has 0 aromatic rings. The first-order valence-corrected chi connectivity index (χ1v) is 11.2. The normalized spacial score (nSPS) is 22.2. The number of fused-ring (bicyclic) bond motifs is 2. The lowest BCUT2D eigenvalue weighted by molar-refractivity contribution is -0.152. The van der Waals surface area contributed by atoms with Crippen LogP contribution in [0.25, 0.3) is 0 Å². The minimum Gasteiger partial charge on any atom is -0.465 e. The van der Waals surface area contributed by atoms with Crippen LogP contribution >= 0.6 is 0 Å². The largest absolute Gasteiger partial charge is 0.465 e. The predicted octanol–water partition coefficient (Wildman–Crippen LogP) is 5.60. The second-order valence-electron chi connectivity index (χ2n) is 8.24. The van der Waals surface area contributed by atoms with Gasteiger partial charge in [0.25, 0.3) is 0 Å². The van der Waals surface area contributed by atoms with Gasteiger partial charge in [-0.3, -0.25) is 4.79 Å². The Hall–Kier alpha value is -1.32. The van der Waals surface area contributed by atoms with Crippen LogP contribution in [0.1, 0.15) is 91.4 Å². The molecule has 27 heavy (non-hydrogen) atoms. The van der Waals surface area contributed by atoms with Gasteiger partial charge in [-0.25, -0.2) is 4.79 Å². The van der Waals surface area contributed by atoms with Crippen LogP contribution in [-0.4, -0.2) is 25.2 Å². The summed E-state index contributed by atoms with van der Waals surface area (Å²) in [7, 11) is 0. The molecule has 0 N–H and O–H groups in total. The number of ether oxygens (including phenoxy) is 2. The number of esters is 2. The van der Waals surface area contributed by atoms with E-state index in [1.807, 2.05) is 0 Å². The van der Waals surface area contributed by atoms with Gasteiger partial charge in [-0.2, -0.15) is 0 Å². The van der Waals surface area contributed by atoms with Crippen molar-refractivity contribution in [3.8, 4) is 0 Å². The first-order chi connectivity index (χ1) is 13.1. The van der Waals surface area contributed by atoms with Gasteiger partial charge in [0.15, 0.2) is 0 Å². The van der Waals surface area contributed by atoms with Crippen molar-refractivity contribution in [3.63, 3.8) is 0 Å². The molecule has 2 bridgehead atoms. The van der Waals surface area contributed by atoms with Crippen LogP contribution in [0.15, 0.2) is 11.1 Å². The number of unbranched alkanes of at least 4 members (excludes halogenated alkanes) is 4. The standard InChI is InChI=1S/C23H38O4/c1-4-7-9-10-14-26-22(24)20-18-12-13-19(15-18)21(20)23(25)27-16-17(6-3)11-8-5-2/h17-18,20H,4-16H2,1-3H3. The highest BCUT2D eigenvalue weighted by atomic mass is 16.5. The fraction of sp³-hybridized carbons (Fsp3) is 0.826. The fourth-order valence-corrected chi connectivity index (χ4v) is 4.41. The van der Waals surface area contributed by atoms with E-state index in [-0.39, 0.29) is 23.8 Å². The molecule has 1 saturated carbocycles. The number of rotatable bonds is 13. The Kier molecular flexibility index (Phi) is 9.36. The van der Waals surface area contributed by atoms with Crippen molar-refractivity contribution in [2.75, 3.05) is 13.2 Å². The van der Waals surface area contributed by atoms with Crippen LogP contribution in [0.4, 0.5) is 0 Å². The van der Waals surface area contributed by atoms with Gasteiger partial charge in [0, 0.05) is 0 Å². The molecule has 2 rings (SSSR count). The molecular formula is C23H38O4. The smallest absolute Gasteiger partial charge is 0.334 e. The highest BCUT2D eigenvalue weighted by Crippen LogP contribution is 2.49. The molecule has 1 fully saturated rings. The van der Waals surface area contributed by atoms with E-state index in [0.717, 1.165) is 63.4 Å². The Morgan fingerprint density at radius 3 is 2.52 bits per heavy atom. The van der Waals surface area contributed by atoms with E-state index in [4.69, 9.17) is 9.47 Å². The first kappa shape index (κ1) is 22.0. The van der Waals surface area contributed by atoms with Crippen LogP contribution < -0.4 is 0 Å². The molecule has 2 aliphatic carbocycles. The van der Waals surface area contributed by atoms with Crippen molar-refractivity contribution >= 4 is 11.9 Å². The minimum atomic E-state index is -0.386. The molecule has 0 heterocycles. The molecule has 2 aliphatic rings. The molecule has 0 spiro atoms. The number of carbonyl (C=O) groups excluding carboxylic acids is 2. The lowest BCUT2D eigenvalue weighted by Gasteiger charge is -2.23. The topological polar surface area (TPSA) is 52.6 Å². The third kappa shape index (κ3) is 6.08. The number of hydrogen-bond acceptors (Lipinski definition) is 4. The molecule has 3 unspecified atom stereocenters. The second-order valence-corrected chi connectivity index (χ2v) is 8.24. The molecular weight excluding hydrogens is 340 g/mol. The van der Waals surface area contributed by atoms with Gasteiger partial charge in [-0.05, 0) is 43.9 Å². The molecule has 0 aromatic carbocycles. The van der Waals surface area contributed by atoms with Gasteiger partial charge < -0.3 is 9.47 Å². The molecule has 3 atom stereocenters. The number of allylic oxidation sites excluding steroid dienone is 1. The van der Waals surface area contributed by atoms with Gasteiger partial charge in [-0.15, -0.1) is 0 Å². The zero-order valence-corrected chi connectivity index (χ0v) is 17.6. The van der Waals surface area contributed by atoms with Crippen molar-refractivity contribution in [2.45, 2.75) is 91.4 Å². The quantitative estimate of drug-likeness (QED) is 0.309. The summed E-state index contributed by atoms with van der Waals surface area (Å²) < 4.78 is 11.2. The van der Waals surface area contributed by atoms with Crippen molar-refractivity contribution in [3.05, 3.63) is 11.1 Å². The summed E-state index contributed by atoms with van der Waals surface area (Å²) in [5.41, 5.74) is 1.77. The lowest BCUT2D eigenvalue weighted by atomic mass is 9.86. The van der Waals surface area contributed by atoms with Crippen LogP contribution in [0.2, 0.25) is 0 Å². The summed E-state index contributed by atoms with van der Waals surface area (Å²) >= 11 is 0. The van der Waals surface area contributed by atoms with E-state index in [2.05, 4.69) is 20.8 Å². The Balaban J connectivity index is 1.89. The third-order valence-corrected chi connectivity index (χ3v) is 6.20. The van der Waals surface area contributed by atoms with Gasteiger partial charge in [0.2, 0.25) is 0 Å². The van der Waals surface area contributed by atoms with E-state index in [0.29, 0.717) is 24.7 Å². The molecule has 0 aromatic heterocycles. The number of hydrogen-bond donors (Lipinski definition) is 0. The van der Waals surface area contributed by atoms with E-state index < -0.39 is 0 Å². The molecule has 154 valence electrons. The molecule has 4 nitrogen and oxygen atoms in total. The van der Waals surface area contributed by atoms with Crippen molar-refractivity contribution in [2.24, 2.45) is 17.8 Å². The zero-order valence-electron chi connectivity index (χ0n) is 17.6. The molecule has 0 radical (unpaired) electrons. The SMILES string of the molecule is CCCCCCOC(=O)C1C(C(=O)OCC(CC)CCCC)=C2CCC1C2. The van der Waals surface area contributed by atoms with Crippen molar-refractivity contribution in [1.29, 1.82) is 0 Å². The molecule has 0 amide bonds. The maximum atomic E-state index is 12.8. The van der Waals surface area contributed by atoms with Gasteiger partial charge in [0.1, 0.15) is 0 Å². The summed E-state index contributed by atoms with van der Waals surface area (Å²) in [4.78, 5) is 25.4. The monoisotopic (exact) mass is 378 g/mol. The summed E-state index contributed by atoms with van der Waals surface area (Å²) in [5.74, 6) is -0.204. The minimum absolute atomic E-state index is 0.212. The number of carbonyl (C=O) groups is 2. The maximum Gasteiger partial charge on any atom is 0.334 e. The molecule has 4 heteroatoms. The van der Waals surface area contributed by atoms with E-state index in [9.17, 15) is 9.59 Å². The van der Waals surface area contributed by atoms with Gasteiger partial charge >= 0.3 is 11.9 Å². The van der Waals surface area contributed by atoms with E-state index in [1.54, 1.807) is 0 Å². The Labute approximate surface area is 165 Å². The predicted molar refractivity (Wildman–Crippen MR) is 107 cm³/mol. The van der Waals surface area contributed by atoms with Crippen LogP contribution in [0.3, 0.4) is 0 Å². The van der Waals surface area contributed by atoms with E-state index >= 15 is 0 Å².